The van der Waals surface area contributed by atoms with Crippen molar-refractivity contribution in [3.05, 3.63) is 20.8 Å². The normalized spacial score (nSPS) is 26.8. The number of alkyl halides is 1. The minimum absolute atomic E-state index is 0.484. The molecule has 2 rings (SSSR count). The van der Waals surface area contributed by atoms with Crippen LogP contribution in [-0.2, 0) is 0 Å². The lowest BCUT2D eigenvalue weighted by atomic mass is 9.80. The van der Waals surface area contributed by atoms with Gasteiger partial charge in [-0.25, -0.2) is 0 Å². The average molecular weight is 352 g/mol. The van der Waals surface area contributed by atoms with Crippen LogP contribution in [0.3, 0.4) is 0 Å². The van der Waals surface area contributed by atoms with Crippen LogP contribution in [0.4, 0.5) is 0 Å². The summed E-state index contributed by atoms with van der Waals surface area (Å²) in [5.74, 6) is 0.771. The Bertz CT molecular complexity index is 343. The van der Waals surface area contributed by atoms with Gasteiger partial charge in [0.2, 0.25) is 0 Å². The van der Waals surface area contributed by atoms with Gasteiger partial charge in [0, 0.05) is 9.35 Å². The maximum Gasteiger partial charge on any atom is 0.0533 e. The lowest BCUT2D eigenvalue weighted by Crippen LogP contribution is -2.20. The Balaban J connectivity index is 2.21. The Morgan fingerprint density at radius 2 is 2.27 bits per heavy atom. The van der Waals surface area contributed by atoms with Crippen LogP contribution in [0.15, 0.2) is 15.9 Å². The van der Waals surface area contributed by atoms with Gasteiger partial charge in [0.15, 0.2) is 0 Å². The summed E-state index contributed by atoms with van der Waals surface area (Å²) in [5, 5.41) is 2.16. The molecule has 2 atom stereocenters. The molecule has 3 heteroatoms. The molecule has 1 saturated carbocycles. The van der Waals surface area contributed by atoms with Crippen molar-refractivity contribution in [1.82, 2.24) is 0 Å². The Labute approximate surface area is 113 Å². The van der Waals surface area contributed by atoms with E-state index in [1.807, 2.05) is 11.3 Å². The summed E-state index contributed by atoms with van der Waals surface area (Å²) in [6, 6.07) is 2.15. The van der Waals surface area contributed by atoms with Gasteiger partial charge in [-0.2, -0.15) is 0 Å². The maximum absolute atomic E-state index is 3.90. The number of hydrogen-bond acceptors (Lipinski definition) is 1. The smallest absolute Gasteiger partial charge is 0.0533 e. The van der Waals surface area contributed by atoms with Gasteiger partial charge in [-0.1, -0.05) is 36.2 Å². The number of hydrogen-bond donors (Lipinski definition) is 0. The standard InChI is InChI=1S/C12H16Br2S/c1-12(2)6-3-4-8(12)10(14)11-9(13)5-7-15-11/h5,7-8,10H,3-4,6H2,1-2H3. The molecule has 0 nitrogen and oxygen atoms in total. The summed E-state index contributed by atoms with van der Waals surface area (Å²) >= 11 is 9.38. The van der Waals surface area contributed by atoms with Crippen LogP contribution in [0.2, 0.25) is 0 Å². The lowest BCUT2D eigenvalue weighted by Gasteiger charge is -2.30. The first-order valence-electron chi connectivity index (χ1n) is 5.39. The predicted molar refractivity (Wildman–Crippen MR) is 74.8 cm³/mol. The van der Waals surface area contributed by atoms with Crippen molar-refractivity contribution in [2.24, 2.45) is 11.3 Å². The van der Waals surface area contributed by atoms with Crippen molar-refractivity contribution < 1.29 is 0 Å². The zero-order chi connectivity index (χ0) is 11.1. The molecule has 0 N–H and O–H groups in total. The Kier molecular flexibility index (Phi) is 3.64. The van der Waals surface area contributed by atoms with Crippen LogP contribution in [0.1, 0.15) is 42.8 Å². The van der Waals surface area contributed by atoms with Gasteiger partial charge >= 0.3 is 0 Å². The van der Waals surface area contributed by atoms with Gasteiger partial charge in [-0.3, -0.25) is 0 Å². The molecule has 1 aromatic heterocycles. The van der Waals surface area contributed by atoms with E-state index < -0.39 is 0 Å². The molecule has 0 aromatic carbocycles. The molecule has 2 unspecified atom stereocenters. The number of thiophene rings is 1. The van der Waals surface area contributed by atoms with Crippen molar-refractivity contribution >= 4 is 43.2 Å². The van der Waals surface area contributed by atoms with Crippen LogP contribution >= 0.6 is 43.2 Å². The van der Waals surface area contributed by atoms with E-state index in [-0.39, 0.29) is 0 Å². The Morgan fingerprint density at radius 3 is 2.73 bits per heavy atom. The van der Waals surface area contributed by atoms with Crippen LogP contribution < -0.4 is 0 Å². The SMILES string of the molecule is CC1(C)CCCC1C(Br)c1sccc1Br. The highest BCUT2D eigenvalue weighted by molar-refractivity contribution is 9.11. The highest BCUT2D eigenvalue weighted by atomic mass is 79.9. The fraction of sp³-hybridized carbons (Fsp3) is 0.667. The highest BCUT2D eigenvalue weighted by Crippen LogP contribution is 2.53. The second-order valence-corrected chi connectivity index (χ2v) is 7.81. The molecular formula is C12H16Br2S. The van der Waals surface area contributed by atoms with Crippen molar-refractivity contribution in [2.45, 2.75) is 37.9 Å². The van der Waals surface area contributed by atoms with E-state index in [1.54, 1.807) is 0 Å². The number of rotatable bonds is 2. The first kappa shape index (κ1) is 12.1. The van der Waals surface area contributed by atoms with Gasteiger partial charge < -0.3 is 0 Å². The first-order chi connectivity index (χ1) is 7.02. The van der Waals surface area contributed by atoms with Crippen molar-refractivity contribution in [3.8, 4) is 0 Å². The molecule has 0 saturated heterocycles. The Hall–Kier alpha value is 0.660. The number of halogens is 2. The third kappa shape index (κ3) is 2.34. The highest BCUT2D eigenvalue weighted by Gasteiger charge is 2.39. The van der Waals surface area contributed by atoms with Gasteiger partial charge in [0.05, 0.1) is 4.83 Å². The quantitative estimate of drug-likeness (QED) is 0.593. The fourth-order valence-corrected chi connectivity index (χ4v) is 6.10. The largest absolute Gasteiger partial charge is 0.147 e. The summed E-state index contributed by atoms with van der Waals surface area (Å²) in [4.78, 5) is 1.97. The molecule has 1 heterocycles. The van der Waals surface area contributed by atoms with Crippen LogP contribution in [0, 0.1) is 11.3 Å². The van der Waals surface area contributed by atoms with E-state index in [9.17, 15) is 0 Å². The molecule has 0 radical (unpaired) electrons. The van der Waals surface area contributed by atoms with Gasteiger partial charge in [-0.15, -0.1) is 11.3 Å². The summed E-state index contributed by atoms with van der Waals surface area (Å²) in [6.07, 6.45) is 4.10. The zero-order valence-corrected chi connectivity index (χ0v) is 13.1. The molecule has 1 aliphatic rings. The third-order valence-electron chi connectivity index (χ3n) is 3.59. The second kappa shape index (κ2) is 4.50. The van der Waals surface area contributed by atoms with Crippen molar-refractivity contribution in [2.75, 3.05) is 0 Å². The molecule has 0 spiro atoms. The summed E-state index contributed by atoms with van der Waals surface area (Å²) in [7, 11) is 0. The molecule has 84 valence electrons. The molecular weight excluding hydrogens is 336 g/mol. The minimum atomic E-state index is 0.484. The lowest BCUT2D eigenvalue weighted by molar-refractivity contribution is 0.258. The summed E-state index contributed by atoms with van der Waals surface area (Å²) < 4.78 is 1.26. The van der Waals surface area contributed by atoms with E-state index in [0.717, 1.165) is 5.92 Å². The van der Waals surface area contributed by atoms with E-state index in [1.165, 1.54) is 28.6 Å². The van der Waals surface area contributed by atoms with E-state index >= 15 is 0 Å². The van der Waals surface area contributed by atoms with E-state index in [4.69, 9.17) is 0 Å². The second-order valence-electron chi connectivity index (χ2n) is 5.02. The van der Waals surface area contributed by atoms with Crippen LogP contribution in [0.5, 0.6) is 0 Å². The monoisotopic (exact) mass is 350 g/mol. The molecule has 1 fully saturated rings. The van der Waals surface area contributed by atoms with Crippen LogP contribution in [0.25, 0.3) is 0 Å². The van der Waals surface area contributed by atoms with Gasteiger partial charge in [0.1, 0.15) is 0 Å². The first-order valence-corrected chi connectivity index (χ1v) is 7.98. The maximum atomic E-state index is 3.90. The average Bonchev–Trinajstić information content (AvgIpc) is 2.70. The van der Waals surface area contributed by atoms with E-state index in [2.05, 4.69) is 57.2 Å². The zero-order valence-electron chi connectivity index (χ0n) is 9.09. The minimum Gasteiger partial charge on any atom is -0.147 e. The molecule has 15 heavy (non-hydrogen) atoms. The molecule has 1 aromatic rings. The van der Waals surface area contributed by atoms with E-state index in [0.29, 0.717) is 10.2 Å². The summed E-state index contributed by atoms with van der Waals surface area (Å²) in [5.41, 5.74) is 0.484. The molecule has 0 aliphatic heterocycles. The molecule has 0 amide bonds. The summed E-state index contributed by atoms with van der Waals surface area (Å²) in [6.45, 7) is 4.81. The molecule has 1 aliphatic carbocycles. The predicted octanol–water partition coefficient (Wildman–Crippen LogP) is 5.77. The molecule has 0 bridgehead atoms. The van der Waals surface area contributed by atoms with Crippen LogP contribution in [-0.4, -0.2) is 0 Å². The third-order valence-corrected chi connectivity index (χ3v) is 6.94. The van der Waals surface area contributed by atoms with Crippen molar-refractivity contribution in [3.63, 3.8) is 0 Å². The topological polar surface area (TPSA) is 0 Å². The van der Waals surface area contributed by atoms with Gasteiger partial charge in [-0.05, 0) is 51.6 Å². The van der Waals surface area contributed by atoms with Gasteiger partial charge in [0.25, 0.3) is 0 Å². The van der Waals surface area contributed by atoms with Crippen molar-refractivity contribution in [1.29, 1.82) is 0 Å². The fourth-order valence-electron chi connectivity index (χ4n) is 2.58. The Morgan fingerprint density at radius 1 is 1.53 bits per heavy atom.